The van der Waals surface area contributed by atoms with Crippen LogP contribution < -0.4 is 10.6 Å². The number of amides is 1. The molecule has 0 aliphatic rings. The van der Waals surface area contributed by atoms with Gasteiger partial charge in [0.25, 0.3) is 0 Å². The van der Waals surface area contributed by atoms with Gasteiger partial charge in [-0.1, -0.05) is 32.9 Å². The molecule has 18 heavy (non-hydrogen) atoms. The standard InChI is InChI=1S/C15H24N2O/c1-11(16-10-15(3,4)5)13-7-6-8-14(9-13)17-12(2)18/h6-9,11,16H,10H2,1-5H3,(H,17,18). The second kappa shape index (κ2) is 6.01. The summed E-state index contributed by atoms with van der Waals surface area (Å²) in [6.45, 7) is 11.2. The van der Waals surface area contributed by atoms with Gasteiger partial charge in [0.05, 0.1) is 0 Å². The fraction of sp³-hybridized carbons (Fsp3) is 0.533. The first-order valence-corrected chi connectivity index (χ1v) is 6.39. The second-order valence-electron chi connectivity index (χ2n) is 5.97. The summed E-state index contributed by atoms with van der Waals surface area (Å²) < 4.78 is 0. The van der Waals surface area contributed by atoms with Crippen molar-refractivity contribution in [1.29, 1.82) is 0 Å². The zero-order valence-corrected chi connectivity index (χ0v) is 12.0. The van der Waals surface area contributed by atoms with Crippen molar-refractivity contribution in [3.8, 4) is 0 Å². The topological polar surface area (TPSA) is 41.1 Å². The molecular formula is C15H24N2O. The third kappa shape index (κ3) is 5.32. The summed E-state index contributed by atoms with van der Waals surface area (Å²) >= 11 is 0. The highest BCUT2D eigenvalue weighted by Crippen LogP contribution is 2.19. The SMILES string of the molecule is CC(=O)Nc1cccc(C(C)NCC(C)(C)C)c1. The summed E-state index contributed by atoms with van der Waals surface area (Å²) in [5.74, 6) is -0.0394. The van der Waals surface area contributed by atoms with Gasteiger partial charge in [-0.2, -0.15) is 0 Å². The zero-order valence-electron chi connectivity index (χ0n) is 12.0. The van der Waals surface area contributed by atoms with Gasteiger partial charge in [-0.15, -0.1) is 0 Å². The third-order valence-corrected chi connectivity index (χ3v) is 2.65. The van der Waals surface area contributed by atoms with Crippen LogP contribution >= 0.6 is 0 Å². The van der Waals surface area contributed by atoms with E-state index in [-0.39, 0.29) is 17.4 Å². The highest BCUT2D eigenvalue weighted by molar-refractivity contribution is 5.88. The minimum Gasteiger partial charge on any atom is -0.326 e. The summed E-state index contributed by atoms with van der Waals surface area (Å²) in [5.41, 5.74) is 2.30. The van der Waals surface area contributed by atoms with Crippen molar-refractivity contribution in [3.05, 3.63) is 29.8 Å². The predicted octanol–water partition coefficient (Wildman–Crippen LogP) is 3.34. The Hall–Kier alpha value is -1.35. The molecule has 0 radical (unpaired) electrons. The Morgan fingerprint density at radius 1 is 1.33 bits per heavy atom. The number of carbonyl (C=O) groups is 1. The smallest absolute Gasteiger partial charge is 0.221 e. The maximum Gasteiger partial charge on any atom is 0.221 e. The Balaban J connectivity index is 2.68. The molecule has 0 spiro atoms. The summed E-state index contributed by atoms with van der Waals surface area (Å²) in [5, 5.41) is 6.31. The van der Waals surface area contributed by atoms with Crippen LogP contribution in [-0.4, -0.2) is 12.5 Å². The molecular weight excluding hydrogens is 224 g/mol. The van der Waals surface area contributed by atoms with Crippen LogP contribution in [0, 0.1) is 5.41 Å². The van der Waals surface area contributed by atoms with Crippen LogP contribution in [0.1, 0.15) is 46.2 Å². The fourth-order valence-corrected chi connectivity index (χ4v) is 1.67. The molecule has 1 unspecified atom stereocenters. The Kier molecular flexibility index (Phi) is 4.91. The van der Waals surface area contributed by atoms with Gasteiger partial charge in [0.1, 0.15) is 0 Å². The molecule has 0 heterocycles. The van der Waals surface area contributed by atoms with E-state index in [1.54, 1.807) is 0 Å². The normalized spacial score (nSPS) is 13.2. The van der Waals surface area contributed by atoms with E-state index in [2.05, 4.69) is 44.4 Å². The van der Waals surface area contributed by atoms with E-state index in [1.165, 1.54) is 12.5 Å². The maximum atomic E-state index is 11.0. The third-order valence-electron chi connectivity index (χ3n) is 2.65. The first-order chi connectivity index (χ1) is 8.28. The number of hydrogen-bond donors (Lipinski definition) is 2. The van der Waals surface area contributed by atoms with Crippen LogP contribution in [0.25, 0.3) is 0 Å². The van der Waals surface area contributed by atoms with E-state index in [0.29, 0.717) is 0 Å². The molecule has 0 aliphatic carbocycles. The van der Waals surface area contributed by atoms with Crippen LogP contribution in [0.3, 0.4) is 0 Å². The van der Waals surface area contributed by atoms with E-state index in [4.69, 9.17) is 0 Å². The average Bonchev–Trinajstić information content (AvgIpc) is 2.24. The molecule has 1 aromatic carbocycles. The molecule has 0 saturated carbocycles. The highest BCUT2D eigenvalue weighted by atomic mass is 16.1. The van der Waals surface area contributed by atoms with E-state index in [1.807, 2.05) is 18.2 Å². The maximum absolute atomic E-state index is 11.0. The van der Waals surface area contributed by atoms with Crippen LogP contribution in [0.5, 0.6) is 0 Å². The van der Waals surface area contributed by atoms with Crippen molar-refractivity contribution >= 4 is 11.6 Å². The molecule has 0 saturated heterocycles. The number of benzene rings is 1. The van der Waals surface area contributed by atoms with Crippen LogP contribution in [0.2, 0.25) is 0 Å². The summed E-state index contributed by atoms with van der Waals surface area (Å²) in [4.78, 5) is 11.0. The molecule has 2 N–H and O–H groups in total. The lowest BCUT2D eigenvalue weighted by Gasteiger charge is -2.23. The van der Waals surface area contributed by atoms with Gasteiger partial charge in [0.15, 0.2) is 0 Å². The molecule has 3 heteroatoms. The Bertz CT molecular complexity index is 407. The molecule has 0 fully saturated rings. The van der Waals surface area contributed by atoms with Gasteiger partial charge in [0, 0.05) is 25.2 Å². The molecule has 1 atom stereocenters. The number of anilines is 1. The zero-order chi connectivity index (χ0) is 13.8. The lowest BCUT2D eigenvalue weighted by atomic mass is 9.96. The van der Waals surface area contributed by atoms with Crippen LogP contribution in [0.15, 0.2) is 24.3 Å². The molecule has 1 amide bonds. The average molecular weight is 248 g/mol. The quantitative estimate of drug-likeness (QED) is 0.858. The van der Waals surface area contributed by atoms with E-state index >= 15 is 0 Å². The summed E-state index contributed by atoms with van der Waals surface area (Å²) in [7, 11) is 0. The molecule has 1 aromatic rings. The van der Waals surface area contributed by atoms with Crippen molar-refractivity contribution < 1.29 is 4.79 Å². The molecule has 3 nitrogen and oxygen atoms in total. The number of hydrogen-bond acceptors (Lipinski definition) is 2. The molecule has 100 valence electrons. The highest BCUT2D eigenvalue weighted by Gasteiger charge is 2.13. The monoisotopic (exact) mass is 248 g/mol. The van der Waals surface area contributed by atoms with Gasteiger partial charge in [0.2, 0.25) is 5.91 Å². The summed E-state index contributed by atoms with van der Waals surface area (Å²) in [6, 6.07) is 8.24. The van der Waals surface area contributed by atoms with Gasteiger partial charge in [-0.05, 0) is 30.0 Å². The minimum atomic E-state index is -0.0394. The minimum absolute atomic E-state index is 0.0394. The van der Waals surface area contributed by atoms with E-state index < -0.39 is 0 Å². The van der Waals surface area contributed by atoms with Crippen molar-refractivity contribution in [2.24, 2.45) is 5.41 Å². The lowest BCUT2D eigenvalue weighted by molar-refractivity contribution is -0.114. The number of rotatable bonds is 4. The summed E-state index contributed by atoms with van der Waals surface area (Å²) in [6.07, 6.45) is 0. The second-order valence-corrected chi connectivity index (χ2v) is 5.97. The van der Waals surface area contributed by atoms with Crippen LogP contribution in [-0.2, 0) is 4.79 Å². The van der Waals surface area contributed by atoms with Gasteiger partial charge in [-0.3, -0.25) is 4.79 Å². The number of nitrogens with one attached hydrogen (secondary N) is 2. The Morgan fingerprint density at radius 3 is 2.56 bits per heavy atom. The van der Waals surface area contributed by atoms with Crippen molar-refractivity contribution in [2.75, 3.05) is 11.9 Å². The molecule has 0 aromatic heterocycles. The molecule has 0 aliphatic heterocycles. The molecule has 0 bridgehead atoms. The van der Waals surface area contributed by atoms with Gasteiger partial charge in [-0.25, -0.2) is 0 Å². The molecule has 1 rings (SSSR count). The van der Waals surface area contributed by atoms with E-state index in [0.717, 1.165) is 12.2 Å². The predicted molar refractivity (Wildman–Crippen MR) is 76.6 cm³/mol. The van der Waals surface area contributed by atoms with Crippen molar-refractivity contribution in [1.82, 2.24) is 5.32 Å². The van der Waals surface area contributed by atoms with Gasteiger partial charge >= 0.3 is 0 Å². The van der Waals surface area contributed by atoms with Crippen LogP contribution in [0.4, 0.5) is 5.69 Å². The Morgan fingerprint density at radius 2 is 2.00 bits per heavy atom. The largest absolute Gasteiger partial charge is 0.326 e. The lowest BCUT2D eigenvalue weighted by Crippen LogP contribution is -2.29. The van der Waals surface area contributed by atoms with Crippen molar-refractivity contribution in [3.63, 3.8) is 0 Å². The first kappa shape index (κ1) is 14.7. The number of carbonyl (C=O) groups excluding carboxylic acids is 1. The van der Waals surface area contributed by atoms with E-state index in [9.17, 15) is 4.79 Å². The Labute approximate surface area is 110 Å². The van der Waals surface area contributed by atoms with Gasteiger partial charge < -0.3 is 10.6 Å². The fourth-order valence-electron chi connectivity index (χ4n) is 1.67. The first-order valence-electron chi connectivity index (χ1n) is 6.39. The van der Waals surface area contributed by atoms with Crippen molar-refractivity contribution in [2.45, 2.75) is 40.7 Å².